The number of ether oxygens (including phenoxy) is 1. The number of benzene rings is 2. The summed E-state index contributed by atoms with van der Waals surface area (Å²) in [5.74, 6) is -0.419. The van der Waals surface area contributed by atoms with Crippen molar-refractivity contribution in [2.45, 2.75) is 19.9 Å². The van der Waals surface area contributed by atoms with E-state index in [4.69, 9.17) is 10.5 Å². The lowest BCUT2D eigenvalue weighted by Crippen LogP contribution is -2.37. The van der Waals surface area contributed by atoms with Crippen molar-refractivity contribution < 1.29 is 9.53 Å². The first-order chi connectivity index (χ1) is 11.5. The average Bonchev–Trinajstić information content (AvgIpc) is 2.55. The number of H-pyrrole nitrogens is 1. The van der Waals surface area contributed by atoms with Crippen LogP contribution in [0.4, 0.5) is 5.69 Å². The number of aromatic nitrogens is 2. The number of fused-ring (bicyclic) bond motifs is 3. The molecular weight excluding hydrogens is 310 g/mol. The van der Waals surface area contributed by atoms with Gasteiger partial charge in [-0.15, -0.1) is 0 Å². The Morgan fingerprint density at radius 1 is 1.25 bits per heavy atom. The predicted molar refractivity (Wildman–Crippen MR) is 92.0 cm³/mol. The van der Waals surface area contributed by atoms with Gasteiger partial charge in [-0.25, -0.2) is 0 Å². The van der Waals surface area contributed by atoms with Crippen molar-refractivity contribution in [2.24, 2.45) is 0 Å². The highest BCUT2D eigenvalue weighted by molar-refractivity contribution is 6.05. The summed E-state index contributed by atoms with van der Waals surface area (Å²) >= 11 is 0. The first-order valence-electron chi connectivity index (χ1n) is 7.62. The van der Waals surface area contributed by atoms with E-state index in [0.29, 0.717) is 16.7 Å². The molecule has 3 rings (SSSR count). The number of carbonyl (C=O) groups is 1. The Morgan fingerprint density at radius 3 is 2.75 bits per heavy atom. The van der Waals surface area contributed by atoms with Crippen molar-refractivity contribution in [1.82, 2.24) is 9.55 Å². The normalized spacial score (nSPS) is 11.0. The van der Waals surface area contributed by atoms with E-state index >= 15 is 0 Å². The van der Waals surface area contributed by atoms with Gasteiger partial charge in [0.25, 0.3) is 0 Å². The van der Waals surface area contributed by atoms with Crippen molar-refractivity contribution in [2.75, 3.05) is 12.3 Å². The molecule has 124 valence electrons. The molecule has 0 unspecified atom stereocenters. The number of nitrogen functional groups attached to an aromatic ring is 1. The van der Waals surface area contributed by atoms with Crippen LogP contribution in [-0.4, -0.2) is 22.1 Å². The van der Waals surface area contributed by atoms with Gasteiger partial charge in [0.1, 0.15) is 0 Å². The summed E-state index contributed by atoms with van der Waals surface area (Å²) in [6.45, 7) is 2.04. The molecule has 3 aromatic rings. The Morgan fingerprint density at radius 2 is 2.00 bits per heavy atom. The molecule has 7 heteroatoms. The van der Waals surface area contributed by atoms with E-state index in [2.05, 4.69) is 4.98 Å². The van der Waals surface area contributed by atoms with Crippen LogP contribution >= 0.6 is 0 Å². The first-order valence-corrected chi connectivity index (χ1v) is 7.62. The third-order valence-corrected chi connectivity index (χ3v) is 3.82. The van der Waals surface area contributed by atoms with Gasteiger partial charge >= 0.3 is 17.1 Å². The highest BCUT2D eigenvalue weighted by Gasteiger charge is 2.13. The lowest BCUT2D eigenvalue weighted by atomic mass is 10.1. The number of hydrogen-bond acceptors (Lipinski definition) is 5. The van der Waals surface area contributed by atoms with E-state index in [-0.39, 0.29) is 19.6 Å². The van der Waals surface area contributed by atoms with E-state index in [1.807, 2.05) is 12.1 Å². The molecule has 1 heterocycles. The lowest BCUT2D eigenvalue weighted by molar-refractivity contribution is -0.143. The van der Waals surface area contributed by atoms with Crippen LogP contribution in [0.2, 0.25) is 0 Å². The summed E-state index contributed by atoms with van der Waals surface area (Å²) in [7, 11) is 0. The zero-order valence-electron chi connectivity index (χ0n) is 13.2. The molecule has 0 aliphatic rings. The molecule has 0 spiro atoms. The number of anilines is 1. The maximum atomic E-state index is 12.3. The molecule has 24 heavy (non-hydrogen) atoms. The molecule has 7 nitrogen and oxygen atoms in total. The maximum absolute atomic E-state index is 12.3. The van der Waals surface area contributed by atoms with Crippen LogP contribution < -0.4 is 16.9 Å². The third kappa shape index (κ3) is 2.76. The Balaban J connectivity index is 2.26. The van der Waals surface area contributed by atoms with Gasteiger partial charge in [0, 0.05) is 17.6 Å². The fourth-order valence-corrected chi connectivity index (χ4v) is 2.76. The van der Waals surface area contributed by atoms with Gasteiger partial charge in [0.15, 0.2) is 0 Å². The van der Waals surface area contributed by atoms with E-state index < -0.39 is 17.1 Å². The van der Waals surface area contributed by atoms with Gasteiger partial charge in [-0.2, -0.15) is 0 Å². The van der Waals surface area contributed by atoms with Crippen LogP contribution in [0.25, 0.3) is 21.8 Å². The van der Waals surface area contributed by atoms with Crippen molar-refractivity contribution in [1.29, 1.82) is 0 Å². The second-order valence-electron chi connectivity index (χ2n) is 5.41. The number of nitrogens with two attached hydrogens (primary N) is 1. The molecule has 0 atom stereocenters. The molecule has 2 aromatic carbocycles. The topological polar surface area (TPSA) is 107 Å². The average molecular weight is 327 g/mol. The number of hydrogen-bond donors (Lipinski definition) is 2. The standard InChI is InChI=1S/C17H17N3O4/c1-2-24-14(21)7-8-20-15-12-9-11(18)5-3-10(12)4-6-13(15)19-16(22)17(20)23/h3-6,9H,2,7-8,18H2,1H3,(H,19,22). The number of rotatable bonds is 4. The molecule has 0 amide bonds. The van der Waals surface area contributed by atoms with E-state index in [1.54, 1.807) is 25.1 Å². The van der Waals surface area contributed by atoms with Gasteiger partial charge in [0.2, 0.25) is 0 Å². The molecular formula is C17H17N3O4. The van der Waals surface area contributed by atoms with Crippen LogP contribution in [0.3, 0.4) is 0 Å². The fraction of sp³-hybridized carbons (Fsp3) is 0.235. The SMILES string of the molecule is CCOC(=O)CCn1c(=O)c(=O)[nH]c2ccc3ccc(N)cc3c21. The van der Waals surface area contributed by atoms with Crippen molar-refractivity contribution in [3.8, 4) is 0 Å². The van der Waals surface area contributed by atoms with Crippen LogP contribution in [-0.2, 0) is 16.1 Å². The Bertz CT molecular complexity index is 1050. The zero-order valence-corrected chi connectivity index (χ0v) is 13.2. The molecule has 1 aromatic heterocycles. The van der Waals surface area contributed by atoms with Crippen LogP contribution in [0.1, 0.15) is 13.3 Å². The van der Waals surface area contributed by atoms with Gasteiger partial charge in [-0.05, 0) is 30.5 Å². The van der Waals surface area contributed by atoms with Gasteiger partial charge < -0.3 is 20.0 Å². The summed E-state index contributed by atoms with van der Waals surface area (Å²) < 4.78 is 6.20. The minimum absolute atomic E-state index is 0.00496. The summed E-state index contributed by atoms with van der Waals surface area (Å²) in [6, 6.07) is 8.93. The molecule has 0 radical (unpaired) electrons. The van der Waals surface area contributed by atoms with E-state index in [1.165, 1.54) is 4.57 Å². The largest absolute Gasteiger partial charge is 0.466 e. The predicted octanol–water partition coefficient (Wildman–Crippen LogP) is 1.38. The summed E-state index contributed by atoms with van der Waals surface area (Å²) in [4.78, 5) is 38.4. The monoisotopic (exact) mass is 327 g/mol. The number of aryl methyl sites for hydroxylation is 1. The Labute approximate surface area is 136 Å². The fourth-order valence-electron chi connectivity index (χ4n) is 2.76. The molecule has 0 fully saturated rings. The summed E-state index contributed by atoms with van der Waals surface area (Å²) in [6.07, 6.45) is 0.00496. The second kappa shape index (κ2) is 6.19. The smallest absolute Gasteiger partial charge is 0.316 e. The maximum Gasteiger partial charge on any atom is 0.316 e. The molecule has 0 saturated heterocycles. The second-order valence-corrected chi connectivity index (χ2v) is 5.41. The highest BCUT2D eigenvalue weighted by atomic mass is 16.5. The molecule has 0 bridgehead atoms. The minimum atomic E-state index is -0.727. The number of nitrogens with one attached hydrogen (secondary N) is 1. The van der Waals surface area contributed by atoms with Gasteiger partial charge in [0.05, 0.1) is 24.1 Å². The zero-order chi connectivity index (χ0) is 17.3. The van der Waals surface area contributed by atoms with Crippen LogP contribution in [0.15, 0.2) is 39.9 Å². The number of nitrogens with zero attached hydrogens (tertiary/aromatic N) is 1. The Hall–Kier alpha value is -3.09. The van der Waals surface area contributed by atoms with Crippen molar-refractivity contribution >= 4 is 33.5 Å². The van der Waals surface area contributed by atoms with E-state index in [9.17, 15) is 14.4 Å². The number of aromatic amines is 1. The first kappa shape index (κ1) is 15.8. The van der Waals surface area contributed by atoms with Crippen molar-refractivity contribution in [3.05, 3.63) is 51.0 Å². The molecule has 0 saturated carbocycles. The molecule has 0 aliphatic carbocycles. The molecule has 3 N–H and O–H groups in total. The summed E-state index contributed by atoms with van der Waals surface area (Å²) in [5, 5.41) is 1.62. The Kier molecular flexibility index (Phi) is 4.07. The quantitative estimate of drug-likeness (QED) is 0.326. The lowest BCUT2D eigenvalue weighted by Gasteiger charge is -2.12. The van der Waals surface area contributed by atoms with Gasteiger partial charge in [-0.3, -0.25) is 14.4 Å². The van der Waals surface area contributed by atoms with Crippen molar-refractivity contribution in [3.63, 3.8) is 0 Å². The van der Waals surface area contributed by atoms with E-state index in [0.717, 1.165) is 10.8 Å². The van der Waals surface area contributed by atoms with Crippen LogP contribution in [0.5, 0.6) is 0 Å². The number of esters is 1. The molecule has 0 aliphatic heterocycles. The summed E-state index contributed by atoms with van der Waals surface area (Å²) in [5.41, 5.74) is 6.04. The minimum Gasteiger partial charge on any atom is -0.466 e. The van der Waals surface area contributed by atoms with Gasteiger partial charge in [-0.1, -0.05) is 12.1 Å². The number of carbonyl (C=O) groups excluding carboxylic acids is 1. The highest BCUT2D eigenvalue weighted by Crippen LogP contribution is 2.25. The third-order valence-electron chi connectivity index (χ3n) is 3.82. The van der Waals surface area contributed by atoms with Crippen LogP contribution in [0, 0.1) is 0 Å².